The predicted octanol–water partition coefficient (Wildman–Crippen LogP) is 3.18. The first-order valence-corrected chi connectivity index (χ1v) is 8.09. The molecule has 3 heterocycles. The Morgan fingerprint density at radius 1 is 1.22 bits per heavy atom. The lowest BCUT2D eigenvalue weighted by atomic mass is 10.1. The molecule has 0 atom stereocenters. The fourth-order valence-electron chi connectivity index (χ4n) is 2.73. The van der Waals surface area contributed by atoms with E-state index in [0.717, 1.165) is 49.7 Å². The highest BCUT2D eigenvalue weighted by atomic mass is 35.5. The molecule has 1 aliphatic rings. The van der Waals surface area contributed by atoms with Crippen LogP contribution in [-0.4, -0.2) is 41.2 Å². The zero-order valence-electron chi connectivity index (χ0n) is 13.1. The lowest BCUT2D eigenvalue weighted by Crippen LogP contribution is -2.38. The molecule has 6 heteroatoms. The molecule has 122 valence electrons. The number of hydrogen-bond acceptors (Lipinski definition) is 5. The number of hydrogen-bond donors (Lipinski definition) is 0. The van der Waals surface area contributed by atoms with E-state index < -0.39 is 0 Å². The molecule has 0 amide bonds. The second kappa shape index (κ2) is 7.62. The van der Waals surface area contributed by atoms with Crippen LogP contribution in [0.4, 0.5) is 0 Å². The van der Waals surface area contributed by atoms with Crippen molar-refractivity contribution in [2.45, 2.75) is 25.5 Å². The molecule has 3 rings (SSSR count). The van der Waals surface area contributed by atoms with E-state index >= 15 is 0 Å². The third-order valence-electron chi connectivity index (χ3n) is 3.93. The molecule has 1 fully saturated rings. The summed E-state index contributed by atoms with van der Waals surface area (Å²) in [4.78, 5) is 10.8. The molecule has 0 bridgehead atoms. The van der Waals surface area contributed by atoms with Crippen molar-refractivity contribution < 1.29 is 9.47 Å². The van der Waals surface area contributed by atoms with Gasteiger partial charge in [-0.05, 0) is 18.9 Å². The minimum atomic E-state index is 0.213. The summed E-state index contributed by atoms with van der Waals surface area (Å²) < 4.78 is 11.2. The van der Waals surface area contributed by atoms with E-state index in [-0.39, 0.29) is 6.10 Å². The molecule has 0 N–H and O–H groups in total. The topological polar surface area (TPSA) is 47.5 Å². The first-order chi connectivity index (χ1) is 11.2. The summed E-state index contributed by atoms with van der Waals surface area (Å²) in [5.41, 5.74) is 1.03. The van der Waals surface area contributed by atoms with Crippen LogP contribution >= 0.6 is 11.6 Å². The quantitative estimate of drug-likeness (QED) is 0.841. The van der Waals surface area contributed by atoms with Gasteiger partial charge in [0.25, 0.3) is 0 Å². The van der Waals surface area contributed by atoms with E-state index in [4.69, 9.17) is 21.1 Å². The monoisotopic (exact) mass is 333 g/mol. The molecular formula is C17H20ClN3O2. The van der Waals surface area contributed by atoms with Crippen LogP contribution in [0.3, 0.4) is 0 Å². The number of halogens is 1. The molecule has 2 aromatic heterocycles. The number of piperidine rings is 1. The van der Waals surface area contributed by atoms with Crippen molar-refractivity contribution in [3.8, 4) is 11.5 Å². The molecule has 0 aromatic carbocycles. The zero-order valence-corrected chi connectivity index (χ0v) is 13.9. The van der Waals surface area contributed by atoms with E-state index in [1.807, 2.05) is 12.1 Å². The highest BCUT2D eigenvalue weighted by molar-refractivity contribution is 6.30. The minimum Gasteiger partial charge on any atom is -0.497 e. The van der Waals surface area contributed by atoms with Gasteiger partial charge in [-0.3, -0.25) is 14.9 Å². The number of pyridine rings is 2. The Balaban J connectivity index is 1.50. The van der Waals surface area contributed by atoms with Gasteiger partial charge in [0.05, 0.1) is 24.0 Å². The summed E-state index contributed by atoms with van der Waals surface area (Å²) in [5.74, 6) is 1.59. The fourth-order valence-corrected chi connectivity index (χ4v) is 2.90. The summed E-state index contributed by atoms with van der Waals surface area (Å²) in [7, 11) is 1.67. The molecule has 0 aliphatic carbocycles. The van der Waals surface area contributed by atoms with Crippen molar-refractivity contribution in [1.29, 1.82) is 0 Å². The second-order valence-corrected chi connectivity index (χ2v) is 6.06. The molecule has 0 saturated carbocycles. The summed E-state index contributed by atoms with van der Waals surface area (Å²) in [6.07, 6.45) is 7.28. The van der Waals surface area contributed by atoms with Gasteiger partial charge in [0, 0.05) is 44.2 Å². The van der Waals surface area contributed by atoms with Crippen LogP contribution in [0, 0.1) is 0 Å². The second-order valence-electron chi connectivity index (χ2n) is 5.62. The molecule has 0 unspecified atom stereocenters. The van der Waals surface area contributed by atoms with Gasteiger partial charge in [-0.2, -0.15) is 0 Å². The maximum atomic E-state index is 5.96. The van der Waals surface area contributed by atoms with Crippen molar-refractivity contribution in [2.75, 3.05) is 20.2 Å². The Bertz CT molecular complexity index is 645. The number of rotatable bonds is 5. The van der Waals surface area contributed by atoms with Crippen molar-refractivity contribution in [3.63, 3.8) is 0 Å². The van der Waals surface area contributed by atoms with Crippen LogP contribution in [0.15, 0.2) is 36.8 Å². The van der Waals surface area contributed by atoms with Gasteiger partial charge in [0.15, 0.2) is 0 Å². The van der Waals surface area contributed by atoms with Crippen LogP contribution in [0.2, 0.25) is 5.02 Å². The van der Waals surface area contributed by atoms with Crippen molar-refractivity contribution in [2.24, 2.45) is 0 Å². The van der Waals surface area contributed by atoms with E-state index in [1.165, 1.54) is 0 Å². The minimum absolute atomic E-state index is 0.213. The normalized spacial score (nSPS) is 16.3. The number of aromatic nitrogens is 2. The van der Waals surface area contributed by atoms with Crippen LogP contribution < -0.4 is 9.47 Å². The van der Waals surface area contributed by atoms with Crippen molar-refractivity contribution >= 4 is 11.6 Å². The summed E-state index contributed by atoms with van der Waals surface area (Å²) in [5, 5.41) is 0.601. The maximum absolute atomic E-state index is 5.96. The molecular weight excluding hydrogens is 314 g/mol. The smallest absolute Gasteiger partial charge is 0.139 e. The lowest BCUT2D eigenvalue weighted by molar-refractivity contribution is 0.0958. The molecule has 5 nitrogen and oxygen atoms in total. The van der Waals surface area contributed by atoms with Gasteiger partial charge >= 0.3 is 0 Å². The Hall–Kier alpha value is -1.85. The van der Waals surface area contributed by atoms with Gasteiger partial charge in [-0.25, -0.2) is 0 Å². The average Bonchev–Trinajstić information content (AvgIpc) is 2.57. The Kier molecular flexibility index (Phi) is 5.31. The van der Waals surface area contributed by atoms with Crippen molar-refractivity contribution in [1.82, 2.24) is 14.9 Å². The molecule has 1 saturated heterocycles. The van der Waals surface area contributed by atoms with E-state index in [9.17, 15) is 0 Å². The highest BCUT2D eigenvalue weighted by Gasteiger charge is 2.21. The maximum Gasteiger partial charge on any atom is 0.139 e. The third kappa shape index (κ3) is 4.56. The van der Waals surface area contributed by atoms with Gasteiger partial charge in [0.2, 0.25) is 0 Å². The van der Waals surface area contributed by atoms with Gasteiger partial charge in [-0.1, -0.05) is 11.6 Å². The summed E-state index contributed by atoms with van der Waals surface area (Å²) in [6.45, 7) is 2.80. The molecule has 1 aliphatic heterocycles. The van der Waals surface area contributed by atoms with Gasteiger partial charge in [0.1, 0.15) is 17.6 Å². The Morgan fingerprint density at radius 3 is 2.78 bits per heavy atom. The fraction of sp³-hybridized carbons (Fsp3) is 0.412. The van der Waals surface area contributed by atoms with E-state index in [2.05, 4.69) is 14.9 Å². The number of ether oxygens (including phenoxy) is 2. The standard InChI is InChI=1S/C17H20ClN3O2/c1-22-16-2-5-20-14(9-16)12-21-6-3-15(4-7-21)23-17-8-13(18)10-19-11-17/h2,5,8-11,15H,3-4,6-7,12H2,1H3. The molecule has 2 aromatic rings. The molecule has 0 spiro atoms. The van der Waals surface area contributed by atoms with E-state index in [1.54, 1.807) is 31.8 Å². The SMILES string of the molecule is COc1ccnc(CN2CCC(Oc3cncc(Cl)c3)CC2)c1. The lowest BCUT2D eigenvalue weighted by Gasteiger charge is -2.31. The first-order valence-electron chi connectivity index (χ1n) is 7.71. The average molecular weight is 334 g/mol. The largest absolute Gasteiger partial charge is 0.497 e. The number of likely N-dealkylation sites (tertiary alicyclic amines) is 1. The highest BCUT2D eigenvalue weighted by Crippen LogP contribution is 2.22. The van der Waals surface area contributed by atoms with Crippen LogP contribution in [0.25, 0.3) is 0 Å². The number of nitrogens with zero attached hydrogens (tertiary/aromatic N) is 3. The Morgan fingerprint density at radius 2 is 2.04 bits per heavy atom. The summed E-state index contributed by atoms with van der Waals surface area (Å²) >= 11 is 5.93. The predicted molar refractivity (Wildman–Crippen MR) is 89.0 cm³/mol. The Labute approximate surface area is 141 Å². The van der Waals surface area contributed by atoms with Crippen LogP contribution in [-0.2, 0) is 6.54 Å². The molecule has 23 heavy (non-hydrogen) atoms. The first kappa shape index (κ1) is 16.0. The third-order valence-corrected chi connectivity index (χ3v) is 4.13. The summed E-state index contributed by atoms with van der Waals surface area (Å²) in [6, 6.07) is 5.66. The molecule has 0 radical (unpaired) electrons. The van der Waals surface area contributed by atoms with E-state index in [0.29, 0.717) is 5.02 Å². The van der Waals surface area contributed by atoms with Gasteiger partial charge in [-0.15, -0.1) is 0 Å². The van der Waals surface area contributed by atoms with Crippen LogP contribution in [0.1, 0.15) is 18.5 Å². The number of methoxy groups -OCH3 is 1. The zero-order chi connectivity index (χ0) is 16.1. The van der Waals surface area contributed by atoms with Gasteiger partial charge < -0.3 is 9.47 Å². The van der Waals surface area contributed by atoms with Crippen LogP contribution in [0.5, 0.6) is 11.5 Å². The van der Waals surface area contributed by atoms with Crippen molar-refractivity contribution in [3.05, 3.63) is 47.5 Å².